The van der Waals surface area contributed by atoms with Crippen LogP contribution >= 0.6 is 0 Å². The van der Waals surface area contributed by atoms with Crippen LogP contribution in [0.15, 0.2) is 73.1 Å². The number of rotatable bonds is 4. The normalized spacial score (nSPS) is 9.17. The topological polar surface area (TPSA) is 196 Å². The van der Waals surface area contributed by atoms with Gasteiger partial charge in [0.15, 0.2) is 11.5 Å². The molecule has 42 heavy (non-hydrogen) atoms. The second-order valence-electron chi connectivity index (χ2n) is 8.22. The monoisotopic (exact) mass is 616 g/mol. The van der Waals surface area contributed by atoms with Crippen molar-refractivity contribution in [3.05, 3.63) is 78.6 Å². The second-order valence-corrected chi connectivity index (χ2v) is 8.22. The van der Waals surface area contributed by atoms with Crippen LogP contribution < -0.4 is 20.1 Å². The number of phenols is 2. The number of para-hydroxylation sites is 1. The molecule has 220 valence electrons. The van der Waals surface area contributed by atoms with E-state index in [1.54, 1.807) is 24.5 Å². The van der Waals surface area contributed by atoms with Crippen LogP contribution in [-0.2, 0) is 31.5 Å². The molecule has 0 amide bonds. The fourth-order valence-electron chi connectivity index (χ4n) is 3.21. The third-order valence-electron chi connectivity index (χ3n) is 4.78. The summed E-state index contributed by atoms with van der Waals surface area (Å²) in [6.07, 6.45) is 3.43. The number of carboxylic acid groups (broad SMARTS) is 3. The average Bonchev–Trinajstić information content (AvgIpc) is 2.90. The Labute approximate surface area is 253 Å². The molecule has 0 aliphatic heterocycles. The summed E-state index contributed by atoms with van der Waals surface area (Å²) in [4.78, 5) is 35.7. The molecule has 0 radical (unpaired) electrons. The van der Waals surface area contributed by atoms with E-state index in [9.17, 15) is 10.2 Å². The number of carbonyl (C=O) groups excluding carboxylic acids is 3. The van der Waals surface area contributed by atoms with E-state index in [-0.39, 0.29) is 28.6 Å². The van der Waals surface area contributed by atoms with Crippen LogP contribution in [0.3, 0.4) is 0 Å². The van der Waals surface area contributed by atoms with Gasteiger partial charge in [0.2, 0.25) is 0 Å². The fourth-order valence-corrected chi connectivity index (χ4v) is 3.21. The number of aromatic hydroxyl groups is 2. The number of hydrogen-bond acceptors (Lipinski definition) is 11. The van der Waals surface area contributed by atoms with Crippen molar-refractivity contribution in [2.24, 2.45) is 0 Å². The Kier molecular flexibility index (Phi) is 16.3. The van der Waals surface area contributed by atoms with Gasteiger partial charge in [-0.15, -0.1) is 0 Å². The summed E-state index contributed by atoms with van der Waals surface area (Å²) >= 11 is 0. The number of hydrogen-bond donors (Lipinski definition) is 2. The van der Waals surface area contributed by atoms with E-state index in [1.165, 1.54) is 7.11 Å². The number of methoxy groups -OCH3 is 1. The molecule has 0 bridgehead atoms. The van der Waals surface area contributed by atoms with Gasteiger partial charge in [0.1, 0.15) is 5.75 Å². The van der Waals surface area contributed by atoms with Crippen LogP contribution in [-0.4, -0.2) is 45.2 Å². The van der Waals surface area contributed by atoms with Crippen LogP contribution in [0.2, 0.25) is 0 Å². The summed E-state index contributed by atoms with van der Waals surface area (Å²) < 4.78 is 5.17. The molecular formula is C30H29MnN2O9. The summed E-state index contributed by atoms with van der Waals surface area (Å²) in [5.41, 5.74) is 5.54. The Morgan fingerprint density at radius 3 is 1.57 bits per heavy atom. The summed E-state index contributed by atoms with van der Waals surface area (Å²) in [5.74, 6) is -2.51. The van der Waals surface area contributed by atoms with Crippen molar-refractivity contribution in [3.8, 4) is 50.9 Å². The maximum absolute atomic E-state index is 10.3. The predicted molar refractivity (Wildman–Crippen MR) is 145 cm³/mol. The molecule has 0 aliphatic rings. The first kappa shape index (κ1) is 37.1. The number of carboxylic acids is 3. The molecule has 2 heterocycles. The predicted octanol–water partition coefficient (Wildman–Crippen LogP) is 1.47. The van der Waals surface area contributed by atoms with Crippen molar-refractivity contribution in [2.45, 2.75) is 27.7 Å². The van der Waals surface area contributed by atoms with Gasteiger partial charge in [0, 0.05) is 52.6 Å². The molecule has 0 spiro atoms. The minimum absolute atomic E-state index is 0. The van der Waals surface area contributed by atoms with Gasteiger partial charge in [-0.05, 0) is 58.0 Å². The number of aryl methyl sites for hydroxylation is 1. The van der Waals surface area contributed by atoms with Gasteiger partial charge in [0.05, 0.1) is 18.5 Å². The second kappa shape index (κ2) is 18.4. The van der Waals surface area contributed by atoms with Crippen molar-refractivity contribution in [3.63, 3.8) is 0 Å². The number of ether oxygens (including phenoxy) is 1. The average molecular weight is 617 g/mol. The van der Waals surface area contributed by atoms with Gasteiger partial charge < -0.3 is 44.7 Å². The molecule has 4 aromatic rings. The van der Waals surface area contributed by atoms with Gasteiger partial charge >= 0.3 is 17.1 Å². The van der Waals surface area contributed by atoms with E-state index in [2.05, 4.69) is 9.97 Å². The Morgan fingerprint density at radius 2 is 1.17 bits per heavy atom. The zero-order chi connectivity index (χ0) is 31.1. The standard InChI is InChI=1S/C24H20N2O3.3C2H4O2.Mn/c1-15-6-11-22(27)19(12-15)17-8-10-21(26-14-17)20-9-7-16(13-25-20)18-4-3-5-23(29-2)24(18)28;3*1-2(3)4;/h3-14,27-28H,1-2H3;3*1H3,(H,3,4);/q;;;;+3/p-3. The smallest absolute Gasteiger partial charge is 0.550 e. The van der Waals surface area contributed by atoms with Gasteiger partial charge in [-0.3, -0.25) is 9.97 Å². The number of phenolic OH excluding ortho intramolecular Hbond substituents is 2. The molecule has 0 fully saturated rings. The molecule has 2 aromatic carbocycles. The van der Waals surface area contributed by atoms with Crippen molar-refractivity contribution < 1.29 is 61.7 Å². The van der Waals surface area contributed by atoms with E-state index in [0.717, 1.165) is 54.4 Å². The molecule has 0 saturated carbocycles. The van der Waals surface area contributed by atoms with Crippen molar-refractivity contribution in [2.75, 3.05) is 7.11 Å². The molecule has 0 aliphatic carbocycles. The number of pyridine rings is 2. The zero-order valence-electron chi connectivity index (χ0n) is 23.5. The van der Waals surface area contributed by atoms with E-state index in [0.29, 0.717) is 11.3 Å². The Bertz CT molecular complexity index is 1420. The zero-order valence-corrected chi connectivity index (χ0v) is 24.6. The SMILES string of the molecule is CC(=O)[O-].CC(=O)[O-].CC(=O)[O-].COc1cccc(-c2ccc(-c3ccc(-c4cc(C)ccc4O)cn3)nc2)c1O.[Mn+3]. The van der Waals surface area contributed by atoms with Crippen LogP contribution in [0.5, 0.6) is 17.2 Å². The van der Waals surface area contributed by atoms with Crippen LogP contribution in [0.25, 0.3) is 33.6 Å². The minimum atomic E-state index is -1.08. The van der Waals surface area contributed by atoms with Gasteiger partial charge in [-0.1, -0.05) is 35.9 Å². The third-order valence-corrected chi connectivity index (χ3v) is 4.78. The summed E-state index contributed by atoms with van der Waals surface area (Å²) in [6, 6.07) is 18.4. The molecule has 2 N–H and O–H groups in total. The third kappa shape index (κ3) is 12.9. The number of benzene rings is 2. The number of carbonyl (C=O) groups is 3. The van der Waals surface area contributed by atoms with Crippen LogP contribution in [0.4, 0.5) is 0 Å². The number of aliphatic carboxylic acids is 3. The first-order valence-corrected chi connectivity index (χ1v) is 11.9. The Morgan fingerprint density at radius 1 is 0.714 bits per heavy atom. The Balaban J connectivity index is 0.00000111. The molecule has 4 rings (SSSR count). The molecule has 11 nitrogen and oxygen atoms in total. The molecular weight excluding hydrogens is 587 g/mol. The first-order chi connectivity index (χ1) is 19.3. The molecule has 2 aromatic heterocycles. The molecule has 0 atom stereocenters. The van der Waals surface area contributed by atoms with Crippen molar-refractivity contribution in [1.82, 2.24) is 9.97 Å². The van der Waals surface area contributed by atoms with Crippen LogP contribution in [0, 0.1) is 6.92 Å². The fraction of sp³-hybridized carbons (Fsp3) is 0.167. The van der Waals surface area contributed by atoms with E-state index in [1.807, 2.05) is 55.5 Å². The minimum Gasteiger partial charge on any atom is -0.550 e. The van der Waals surface area contributed by atoms with E-state index >= 15 is 0 Å². The van der Waals surface area contributed by atoms with Crippen molar-refractivity contribution >= 4 is 17.9 Å². The summed E-state index contributed by atoms with van der Waals surface area (Å²) in [7, 11) is 1.52. The maximum atomic E-state index is 10.3. The van der Waals surface area contributed by atoms with E-state index in [4.69, 9.17) is 34.4 Å². The molecule has 0 saturated heterocycles. The first-order valence-electron chi connectivity index (χ1n) is 11.9. The quantitative estimate of drug-likeness (QED) is 0.315. The maximum Gasteiger partial charge on any atom is 3.00 e. The van der Waals surface area contributed by atoms with Crippen LogP contribution in [0.1, 0.15) is 26.3 Å². The van der Waals surface area contributed by atoms with Gasteiger partial charge in [-0.25, -0.2) is 0 Å². The molecule has 12 heteroatoms. The largest absolute Gasteiger partial charge is 3.00 e. The molecule has 0 unspecified atom stereocenters. The van der Waals surface area contributed by atoms with Gasteiger partial charge in [-0.2, -0.15) is 0 Å². The van der Waals surface area contributed by atoms with Gasteiger partial charge in [0.25, 0.3) is 0 Å². The summed E-state index contributed by atoms with van der Waals surface area (Å²) in [6.45, 7) is 4.90. The van der Waals surface area contributed by atoms with E-state index < -0.39 is 17.9 Å². The Hall–Kier alpha value is -4.93. The summed E-state index contributed by atoms with van der Waals surface area (Å²) in [5, 5.41) is 47.1. The number of nitrogens with zero attached hydrogens (tertiary/aromatic N) is 2. The number of aromatic nitrogens is 2. The van der Waals surface area contributed by atoms with Crippen molar-refractivity contribution in [1.29, 1.82) is 0 Å².